The van der Waals surface area contributed by atoms with E-state index < -0.39 is 36.5 Å². The van der Waals surface area contributed by atoms with Crippen molar-refractivity contribution in [3.8, 4) is 5.88 Å². The quantitative estimate of drug-likeness (QED) is 0.867. The zero-order valence-corrected chi connectivity index (χ0v) is 14.0. The number of fused-ring (bicyclic) bond motifs is 1. The number of halogens is 3. The third-order valence-electron chi connectivity index (χ3n) is 4.30. The molecule has 1 fully saturated rings. The molecule has 0 saturated carbocycles. The van der Waals surface area contributed by atoms with E-state index in [4.69, 9.17) is 16.4 Å². The van der Waals surface area contributed by atoms with E-state index in [0.717, 1.165) is 15.0 Å². The van der Waals surface area contributed by atoms with Gasteiger partial charge in [-0.3, -0.25) is 14.2 Å². The molecule has 0 radical (unpaired) electrons. The number of hydroxylamine groups is 1. The maximum Gasteiger partial charge on any atom is 0.282 e. The number of benzene rings is 1. The van der Waals surface area contributed by atoms with Crippen molar-refractivity contribution in [3.05, 3.63) is 57.1 Å². The highest BCUT2D eigenvalue weighted by Crippen LogP contribution is 2.31. The molecule has 0 spiro atoms. The van der Waals surface area contributed by atoms with Crippen LogP contribution >= 0.6 is 11.6 Å². The lowest BCUT2D eigenvalue weighted by Gasteiger charge is -2.38. The molecule has 1 aromatic carbocycles. The van der Waals surface area contributed by atoms with Crippen LogP contribution in [0.4, 0.5) is 8.78 Å². The van der Waals surface area contributed by atoms with Gasteiger partial charge in [0, 0.05) is 5.02 Å². The summed E-state index contributed by atoms with van der Waals surface area (Å²) in [6.07, 6.45) is 1.17. The van der Waals surface area contributed by atoms with Crippen molar-refractivity contribution in [2.45, 2.75) is 18.5 Å². The Morgan fingerprint density at radius 2 is 2.04 bits per heavy atom. The van der Waals surface area contributed by atoms with Crippen LogP contribution in [0.2, 0.25) is 5.02 Å². The number of amides is 1. The third kappa shape index (κ3) is 2.93. The summed E-state index contributed by atoms with van der Waals surface area (Å²) in [5.41, 5.74) is 3.23. The Balaban J connectivity index is 1.60. The number of hydrogen-bond acceptors (Lipinski definition) is 5. The number of carbonyl (C=O) groups is 1. The van der Waals surface area contributed by atoms with Gasteiger partial charge in [-0.1, -0.05) is 23.7 Å². The van der Waals surface area contributed by atoms with Crippen LogP contribution in [0.25, 0.3) is 0 Å². The molecule has 136 valence electrons. The van der Waals surface area contributed by atoms with Gasteiger partial charge < -0.3 is 9.74 Å². The van der Waals surface area contributed by atoms with E-state index in [-0.39, 0.29) is 18.0 Å². The topological polar surface area (TPSA) is 76.5 Å². The van der Waals surface area contributed by atoms with Crippen LogP contribution in [0, 0.1) is 0 Å². The van der Waals surface area contributed by atoms with Gasteiger partial charge in [0.2, 0.25) is 11.8 Å². The van der Waals surface area contributed by atoms with Crippen LogP contribution in [-0.4, -0.2) is 39.4 Å². The standard InChI is InChI=1S/C16H13ClF2N4O3/c17-10-3-1-9(2-4-10)13-12-14(26-21-13)20-8-22(15(12)25)5-11(24)23-6-16(18,19)7-23/h1-4,8,13,21H,5-7H2. The Hall–Kier alpha value is -2.52. The normalized spacial score (nSPS) is 20.3. The molecule has 0 aliphatic carbocycles. The van der Waals surface area contributed by atoms with E-state index in [1.807, 2.05) is 0 Å². The van der Waals surface area contributed by atoms with Gasteiger partial charge in [0.05, 0.1) is 13.1 Å². The maximum atomic E-state index is 12.9. The lowest BCUT2D eigenvalue weighted by molar-refractivity contribution is -0.166. The zero-order valence-electron chi connectivity index (χ0n) is 13.3. The molecule has 2 aromatic rings. The average Bonchev–Trinajstić information content (AvgIpc) is 3.00. The van der Waals surface area contributed by atoms with Crippen LogP contribution in [-0.2, 0) is 11.3 Å². The summed E-state index contributed by atoms with van der Waals surface area (Å²) in [6, 6.07) is 6.27. The molecule has 26 heavy (non-hydrogen) atoms. The third-order valence-corrected chi connectivity index (χ3v) is 4.56. The molecule has 2 aliphatic heterocycles. The smallest absolute Gasteiger partial charge is 0.282 e. The first-order valence-electron chi connectivity index (χ1n) is 7.77. The first kappa shape index (κ1) is 16.9. The van der Waals surface area contributed by atoms with Gasteiger partial charge in [0.15, 0.2) is 0 Å². The monoisotopic (exact) mass is 382 g/mol. The lowest BCUT2D eigenvalue weighted by Crippen LogP contribution is -2.59. The molecule has 10 heteroatoms. The Morgan fingerprint density at radius 1 is 1.35 bits per heavy atom. The zero-order chi connectivity index (χ0) is 18.5. The number of nitrogens with one attached hydrogen (secondary N) is 1. The SMILES string of the molecule is O=C(Cn1cnc2c(c1=O)C(c1ccc(Cl)cc1)NO2)N1CC(F)(F)C1. The van der Waals surface area contributed by atoms with Gasteiger partial charge in [-0.25, -0.2) is 13.8 Å². The Labute approximate surface area is 151 Å². The molecule has 1 atom stereocenters. The lowest BCUT2D eigenvalue weighted by atomic mass is 10.0. The van der Waals surface area contributed by atoms with Crippen molar-refractivity contribution in [1.29, 1.82) is 0 Å². The molecule has 0 bridgehead atoms. The second kappa shape index (κ2) is 6.03. The predicted octanol–water partition coefficient (Wildman–Crippen LogP) is 1.36. The van der Waals surface area contributed by atoms with Gasteiger partial charge in [0.25, 0.3) is 11.5 Å². The van der Waals surface area contributed by atoms with Crippen LogP contribution in [0.1, 0.15) is 17.2 Å². The van der Waals surface area contributed by atoms with Gasteiger partial charge in [-0.05, 0) is 17.7 Å². The predicted molar refractivity (Wildman–Crippen MR) is 87.1 cm³/mol. The summed E-state index contributed by atoms with van der Waals surface area (Å²) in [5, 5.41) is 0.549. The summed E-state index contributed by atoms with van der Waals surface area (Å²) in [5.74, 6) is -3.29. The number of hydrogen-bond donors (Lipinski definition) is 1. The maximum absolute atomic E-state index is 12.9. The highest BCUT2D eigenvalue weighted by Gasteiger charge is 2.46. The van der Waals surface area contributed by atoms with E-state index in [9.17, 15) is 18.4 Å². The number of aromatic nitrogens is 2. The summed E-state index contributed by atoms with van der Waals surface area (Å²) in [4.78, 5) is 35.1. The number of alkyl halides is 2. The number of carbonyl (C=O) groups excluding carboxylic acids is 1. The van der Waals surface area contributed by atoms with Crippen LogP contribution < -0.4 is 15.9 Å². The molecule has 1 N–H and O–H groups in total. The fourth-order valence-corrected chi connectivity index (χ4v) is 3.06. The minimum atomic E-state index is -2.85. The second-order valence-corrected chi connectivity index (χ2v) is 6.64. The van der Waals surface area contributed by atoms with E-state index in [2.05, 4.69) is 10.5 Å². The minimum Gasteiger partial charge on any atom is -0.387 e. The molecular formula is C16H13ClF2N4O3. The van der Waals surface area contributed by atoms with Crippen LogP contribution in [0.15, 0.2) is 35.4 Å². The molecule has 3 heterocycles. The van der Waals surface area contributed by atoms with Gasteiger partial charge in [-0.2, -0.15) is 0 Å². The van der Waals surface area contributed by atoms with E-state index in [1.54, 1.807) is 24.3 Å². The molecule has 7 nitrogen and oxygen atoms in total. The van der Waals surface area contributed by atoms with Gasteiger partial charge in [0.1, 0.15) is 24.5 Å². The van der Waals surface area contributed by atoms with E-state index in [0.29, 0.717) is 5.02 Å². The van der Waals surface area contributed by atoms with Crippen molar-refractivity contribution in [2.24, 2.45) is 0 Å². The molecular weight excluding hydrogens is 370 g/mol. The van der Waals surface area contributed by atoms with Crippen molar-refractivity contribution in [2.75, 3.05) is 13.1 Å². The van der Waals surface area contributed by atoms with Gasteiger partial charge >= 0.3 is 0 Å². The minimum absolute atomic E-state index is 0.120. The van der Waals surface area contributed by atoms with Crippen molar-refractivity contribution in [1.82, 2.24) is 19.9 Å². The molecule has 1 unspecified atom stereocenters. The summed E-state index contributed by atoms with van der Waals surface area (Å²) < 4.78 is 26.9. The fourth-order valence-electron chi connectivity index (χ4n) is 2.93. The van der Waals surface area contributed by atoms with Crippen molar-refractivity contribution >= 4 is 17.5 Å². The van der Waals surface area contributed by atoms with Crippen molar-refractivity contribution < 1.29 is 18.4 Å². The largest absolute Gasteiger partial charge is 0.387 e. The molecule has 1 aromatic heterocycles. The molecule has 1 saturated heterocycles. The van der Waals surface area contributed by atoms with E-state index in [1.165, 1.54) is 6.33 Å². The summed E-state index contributed by atoms with van der Waals surface area (Å²) in [6.45, 7) is -1.61. The number of rotatable bonds is 3. The number of likely N-dealkylation sites (tertiary alicyclic amines) is 1. The summed E-state index contributed by atoms with van der Waals surface area (Å²) in [7, 11) is 0. The second-order valence-electron chi connectivity index (χ2n) is 6.21. The highest BCUT2D eigenvalue weighted by atomic mass is 35.5. The Morgan fingerprint density at radius 3 is 2.69 bits per heavy atom. The Bertz CT molecular complexity index is 924. The van der Waals surface area contributed by atoms with E-state index >= 15 is 0 Å². The first-order valence-corrected chi connectivity index (χ1v) is 8.15. The van der Waals surface area contributed by atoms with Gasteiger partial charge in [-0.15, -0.1) is 5.48 Å². The molecule has 2 aliphatic rings. The first-order chi connectivity index (χ1) is 12.3. The Kier molecular flexibility index (Phi) is 3.92. The molecule has 4 rings (SSSR count). The highest BCUT2D eigenvalue weighted by molar-refractivity contribution is 6.30. The van der Waals surface area contributed by atoms with Crippen LogP contribution in [0.3, 0.4) is 0 Å². The average molecular weight is 383 g/mol. The van der Waals surface area contributed by atoms with Crippen molar-refractivity contribution in [3.63, 3.8) is 0 Å². The molecule has 1 amide bonds. The summed E-state index contributed by atoms with van der Waals surface area (Å²) >= 11 is 5.88. The van der Waals surface area contributed by atoms with Crippen LogP contribution in [0.5, 0.6) is 5.88 Å². The number of nitrogens with zero attached hydrogens (tertiary/aromatic N) is 3. The fraction of sp³-hybridized carbons (Fsp3) is 0.312.